The number of unbranched alkanes of at least 4 members (excludes halogenated alkanes) is 1. The first-order valence-corrected chi connectivity index (χ1v) is 7.40. The summed E-state index contributed by atoms with van der Waals surface area (Å²) in [5.74, 6) is -0.196. The molecule has 0 saturated heterocycles. The molecule has 0 fully saturated rings. The van der Waals surface area contributed by atoms with Gasteiger partial charge in [-0.1, -0.05) is 19.4 Å². The molecule has 0 radical (unpaired) electrons. The Labute approximate surface area is 121 Å². The topological polar surface area (TPSA) is 29.3 Å². The summed E-state index contributed by atoms with van der Waals surface area (Å²) in [6.45, 7) is 9.83. The molecular weight excluding hydrogens is 251 g/mol. The van der Waals surface area contributed by atoms with E-state index in [1.165, 1.54) is 5.57 Å². The normalized spacial score (nSPS) is 16.9. The van der Waals surface area contributed by atoms with Gasteiger partial charge in [0.1, 0.15) is 5.82 Å². The molecule has 1 aromatic carbocycles. The van der Waals surface area contributed by atoms with E-state index in [9.17, 15) is 4.39 Å². The van der Waals surface area contributed by atoms with E-state index in [1.54, 1.807) is 6.07 Å². The van der Waals surface area contributed by atoms with Gasteiger partial charge in [0.15, 0.2) is 0 Å². The molecule has 110 valence electrons. The van der Waals surface area contributed by atoms with Gasteiger partial charge in [0, 0.05) is 29.9 Å². The lowest BCUT2D eigenvalue weighted by Gasteiger charge is -2.43. The number of fused-ring (bicyclic) bond motifs is 1. The Morgan fingerprint density at radius 3 is 2.60 bits per heavy atom. The molecule has 20 heavy (non-hydrogen) atoms. The number of nitrogens with zero attached hydrogens (tertiary/aromatic N) is 1. The van der Waals surface area contributed by atoms with Gasteiger partial charge in [-0.3, -0.25) is 0 Å². The highest BCUT2D eigenvalue weighted by molar-refractivity contribution is 5.81. The summed E-state index contributed by atoms with van der Waals surface area (Å²) in [6, 6.07) is 3.57. The molecular formula is C17H25FN2. The number of hydrogen-bond donors (Lipinski definition) is 1. The van der Waals surface area contributed by atoms with Crippen molar-refractivity contribution in [3.8, 4) is 0 Å². The van der Waals surface area contributed by atoms with Gasteiger partial charge in [-0.25, -0.2) is 4.39 Å². The third kappa shape index (κ3) is 2.59. The third-order valence-corrected chi connectivity index (χ3v) is 4.10. The Morgan fingerprint density at radius 2 is 2.00 bits per heavy atom. The fourth-order valence-corrected chi connectivity index (χ4v) is 3.02. The Bertz CT molecular complexity index is 532. The minimum atomic E-state index is -0.196. The van der Waals surface area contributed by atoms with Gasteiger partial charge < -0.3 is 10.6 Å². The largest absolute Gasteiger partial charge is 0.362 e. The Kier molecular flexibility index (Phi) is 4.19. The van der Waals surface area contributed by atoms with E-state index in [2.05, 4.69) is 38.7 Å². The highest BCUT2D eigenvalue weighted by Crippen LogP contribution is 2.40. The van der Waals surface area contributed by atoms with Crippen LogP contribution >= 0.6 is 0 Å². The fraction of sp³-hybridized carbons (Fsp3) is 0.529. The quantitative estimate of drug-likeness (QED) is 0.897. The van der Waals surface area contributed by atoms with Gasteiger partial charge in [0.25, 0.3) is 0 Å². The zero-order valence-electron chi connectivity index (χ0n) is 13.0. The van der Waals surface area contributed by atoms with Crippen molar-refractivity contribution in [2.75, 3.05) is 11.4 Å². The summed E-state index contributed by atoms with van der Waals surface area (Å²) in [4.78, 5) is 2.31. The Hall–Kier alpha value is -1.35. The summed E-state index contributed by atoms with van der Waals surface area (Å²) < 4.78 is 14.1. The summed E-state index contributed by atoms with van der Waals surface area (Å²) in [5.41, 5.74) is 9.45. The molecule has 0 amide bonds. The zero-order valence-corrected chi connectivity index (χ0v) is 13.0. The molecule has 1 aliphatic rings. The van der Waals surface area contributed by atoms with Gasteiger partial charge in [-0.2, -0.15) is 0 Å². The van der Waals surface area contributed by atoms with Gasteiger partial charge in [0.2, 0.25) is 0 Å². The van der Waals surface area contributed by atoms with Crippen LogP contribution in [0.25, 0.3) is 5.57 Å². The van der Waals surface area contributed by atoms with E-state index in [4.69, 9.17) is 5.73 Å². The zero-order chi connectivity index (χ0) is 14.9. The molecule has 0 unspecified atom stereocenters. The minimum absolute atomic E-state index is 0.0804. The lowest BCUT2D eigenvalue weighted by molar-refractivity contribution is 0.536. The van der Waals surface area contributed by atoms with Crippen LogP contribution in [0, 0.1) is 5.82 Å². The summed E-state index contributed by atoms with van der Waals surface area (Å²) >= 11 is 0. The molecule has 3 heteroatoms. The van der Waals surface area contributed by atoms with E-state index >= 15 is 0 Å². The van der Waals surface area contributed by atoms with Crippen LogP contribution in [0.3, 0.4) is 0 Å². The minimum Gasteiger partial charge on any atom is -0.362 e. The van der Waals surface area contributed by atoms with Crippen molar-refractivity contribution in [2.24, 2.45) is 5.73 Å². The van der Waals surface area contributed by atoms with Gasteiger partial charge in [-0.05, 0) is 44.9 Å². The number of rotatable bonds is 4. The van der Waals surface area contributed by atoms with Gasteiger partial charge in [-0.15, -0.1) is 0 Å². The molecule has 1 aromatic rings. The van der Waals surface area contributed by atoms with Crippen LogP contribution < -0.4 is 10.6 Å². The first-order chi connectivity index (χ1) is 9.40. The van der Waals surface area contributed by atoms with Crippen molar-refractivity contribution >= 4 is 11.3 Å². The molecule has 0 spiro atoms. The molecule has 0 aliphatic carbocycles. The maximum absolute atomic E-state index is 14.1. The molecule has 0 saturated carbocycles. The van der Waals surface area contributed by atoms with Crippen molar-refractivity contribution in [2.45, 2.75) is 52.6 Å². The Morgan fingerprint density at radius 1 is 1.30 bits per heavy atom. The third-order valence-electron chi connectivity index (χ3n) is 4.10. The first-order valence-electron chi connectivity index (χ1n) is 7.40. The Balaban J connectivity index is 2.54. The monoisotopic (exact) mass is 276 g/mol. The number of halogens is 1. The second kappa shape index (κ2) is 5.57. The highest BCUT2D eigenvalue weighted by Gasteiger charge is 2.31. The number of benzene rings is 1. The standard InChI is InChI=1S/C17H25FN2/c1-5-6-7-20-16-9-15(18)13(11-19)8-14(16)12(2)10-17(20,3)4/h8-10H,5-7,11,19H2,1-4H3. The molecule has 2 N–H and O–H groups in total. The molecule has 2 nitrogen and oxygen atoms in total. The molecule has 2 rings (SSSR count). The van der Waals surface area contributed by atoms with E-state index in [0.717, 1.165) is 30.6 Å². The number of nitrogens with two attached hydrogens (primary N) is 1. The SMILES string of the molecule is CCCCN1c2cc(F)c(CN)cc2C(C)=CC1(C)C. The molecule has 1 heterocycles. The van der Waals surface area contributed by atoms with Gasteiger partial charge in [0.05, 0.1) is 5.54 Å². The summed E-state index contributed by atoms with van der Waals surface area (Å²) in [7, 11) is 0. The van der Waals surface area contributed by atoms with E-state index in [1.807, 2.05) is 6.07 Å². The van der Waals surface area contributed by atoms with Crippen LogP contribution in [0.5, 0.6) is 0 Å². The average Bonchev–Trinajstić information content (AvgIpc) is 2.37. The number of allylic oxidation sites excluding steroid dienone is 1. The van der Waals surface area contributed by atoms with Crippen LogP contribution in [0.4, 0.5) is 10.1 Å². The predicted octanol–water partition coefficient (Wildman–Crippen LogP) is 4.09. The van der Waals surface area contributed by atoms with Crippen LogP contribution in [-0.4, -0.2) is 12.1 Å². The second-order valence-corrected chi connectivity index (χ2v) is 6.15. The highest BCUT2D eigenvalue weighted by atomic mass is 19.1. The van der Waals surface area contributed by atoms with Gasteiger partial charge >= 0.3 is 0 Å². The van der Waals surface area contributed by atoms with Crippen molar-refractivity contribution in [1.82, 2.24) is 0 Å². The van der Waals surface area contributed by atoms with Crippen LogP contribution in [0.2, 0.25) is 0 Å². The smallest absolute Gasteiger partial charge is 0.129 e. The number of anilines is 1. The molecule has 0 atom stereocenters. The van der Waals surface area contributed by atoms with E-state index in [-0.39, 0.29) is 17.9 Å². The summed E-state index contributed by atoms with van der Waals surface area (Å²) in [5, 5.41) is 0. The van der Waals surface area contributed by atoms with Crippen LogP contribution in [0.1, 0.15) is 51.7 Å². The number of hydrogen-bond acceptors (Lipinski definition) is 2. The molecule has 0 aromatic heterocycles. The van der Waals surface area contributed by atoms with Crippen molar-refractivity contribution in [3.63, 3.8) is 0 Å². The average molecular weight is 276 g/mol. The first kappa shape index (κ1) is 15.0. The van der Waals surface area contributed by atoms with E-state index < -0.39 is 0 Å². The van der Waals surface area contributed by atoms with Crippen molar-refractivity contribution in [3.05, 3.63) is 35.2 Å². The second-order valence-electron chi connectivity index (χ2n) is 6.15. The van der Waals surface area contributed by atoms with Crippen LogP contribution in [0.15, 0.2) is 18.2 Å². The maximum atomic E-state index is 14.1. The molecule has 0 bridgehead atoms. The lowest BCUT2D eigenvalue weighted by Crippen LogP contribution is -2.45. The molecule has 1 aliphatic heterocycles. The fourth-order valence-electron chi connectivity index (χ4n) is 3.02. The predicted molar refractivity (Wildman–Crippen MR) is 84.3 cm³/mol. The van der Waals surface area contributed by atoms with Crippen molar-refractivity contribution in [1.29, 1.82) is 0 Å². The maximum Gasteiger partial charge on any atom is 0.129 e. The van der Waals surface area contributed by atoms with E-state index in [0.29, 0.717) is 5.56 Å². The lowest BCUT2D eigenvalue weighted by atomic mass is 9.87. The summed E-state index contributed by atoms with van der Waals surface area (Å²) in [6.07, 6.45) is 4.51. The van der Waals surface area contributed by atoms with Crippen LogP contribution in [-0.2, 0) is 6.54 Å². The van der Waals surface area contributed by atoms with Crippen molar-refractivity contribution < 1.29 is 4.39 Å².